The first-order valence-electron chi connectivity index (χ1n) is 10.2. The molecule has 1 N–H and O–H groups in total. The van der Waals surface area contributed by atoms with Crippen LogP contribution in [0.2, 0.25) is 0 Å². The Morgan fingerprint density at radius 1 is 1.11 bits per heavy atom. The van der Waals surface area contributed by atoms with Crippen molar-refractivity contribution >= 4 is 11.9 Å². The third-order valence-electron chi connectivity index (χ3n) is 6.15. The highest BCUT2D eigenvalue weighted by Crippen LogP contribution is 2.32. The molecule has 7 heteroatoms. The average Bonchev–Trinajstić information content (AvgIpc) is 3.21. The molecule has 0 saturated carbocycles. The van der Waals surface area contributed by atoms with E-state index >= 15 is 0 Å². The van der Waals surface area contributed by atoms with Crippen molar-refractivity contribution in [3.05, 3.63) is 35.4 Å². The number of urea groups is 1. The first-order valence-corrected chi connectivity index (χ1v) is 10.2. The molecule has 1 aromatic carbocycles. The molecule has 1 atom stereocenters. The molecule has 28 heavy (non-hydrogen) atoms. The Labute approximate surface area is 166 Å². The second kappa shape index (κ2) is 8.09. The summed E-state index contributed by atoms with van der Waals surface area (Å²) in [5, 5.41) is 2.71. The number of likely N-dealkylation sites (tertiary alicyclic amines) is 2. The van der Waals surface area contributed by atoms with Crippen LogP contribution in [0.25, 0.3) is 0 Å². The monoisotopic (exact) mass is 387 g/mol. The topological polar surface area (TPSA) is 71.1 Å². The van der Waals surface area contributed by atoms with Crippen molar-refractivity contribution in [1.29, 1.82) is 0 Å². The number of carbonyl (C=O) groups excluding carboxylic acids is 2. The largest absolute Gasteiger partial charge is 0.347 e. The van der Waals surface area contributed by atoms with E-state index in [1.807, 2.05) is 28.0 Å². The molecule has 0 aliphatic carbocycles. The first-order chi connectivity index (χ1) is 13.6. The molecule has 3 fully saturated rings. The SMILES string of the molecule is CNC(=O)N1CCC[C@@H](c2cccc(C(=O)N3CCC4(CC3)OCCO4)c2)C1. The minimum absolute atomic E-state index is 0.0319. The smallest absolute Gasteiger partial charge is 0.317 e. The van der Waals surface area contributed by atoms with Crippen molar-refractivity contribution in [2.75, 3.05) is 46.4 Å². The van der Waals surface area contributed by atoms with E-state index in [0.29, 0.717) is 32.8 Å². The van der Waals surface area contributed by atoms with E-state index in [4.69, 9.17) is 9.47 Å². The van der Waals surface area contributed by atoms with Gasteiger partial charge in [-0.25, -0.2) is 4.79 Å². The summed E-state index contributed by atoms with van der Waals surface area (Å²) in [6.45, 7) is 4.06. The maximum atomic E-state index is 13.0. The van der Waals surface area contributed by atoms with E-state index in [-0.39, 0.29) is 17.9 Å². The van der Waals surface area contributed by atoms with Gasteiger partial charge in [-0.05, 0) is 30.5 Å². The summed E-state index contributed by atoms with van der Waals surface area (Å²) in [7, 11) is 1.66. The van der Waals surface area contributed by atoms with Gasteiger partial charge in [0, 0.05) is 57.5 Å². The Balaban J connectivity index is 1.42. The number of amides is 3. The molecule has 3 amide bonds. The van der Waals surface area contributed by atoms with Crippen LogP contribution in [0.3, 0.4) is 0 Å². The third kappa shape index (κ3) is 3.86. The van der Waals surface area contributed by atoms with Gasteiger partial charge in [0.1, 0.15) is 0 Å². The van der Waals surface area contributed by atoms with E-state index < -0.39 is 5.79 Å². The van der Waals surface area contributed by atoms with Gasteiger partial charge in [-0.2, -0.15) is 0 Å². The van der Waals surface area contributed by atoms with Crippen molar-refractivity contribution in [2.45, 2.75) is 37.4 Å². The number of piperidine rings is 2. The van der Waals surface area contributed by atoms with Gasteiger partial charge in [0.05, 0.1) is 13.2 Å². The van der Waals surface area contributed by atoms with Crippen LogP contribution in [0.4, 0.5) is 4.79 Å². The fourth-order valence-corrected chi connectivity index (χ4v) is 4.54. The van der Waals surface area contributed by atoms with E-state index in [1.54, 1.807) is 7.05 Å². The summed E-state index contributed by atoms with van der Waals surface area (Å²) in [5.74, 6) is -0.137. The summed E-state index contributed by atoms with van der Waals surface area (Å²) in [5.41, 5.74) is 1.86. The number of benzene rings is 1. The number of hydrogen-bond donors (Lipinski definition) is 1. The number of hydrogen-bond acceptors (Lipinski definition) is 4. The minimum atomic E-state index is -0.468. The molecule has 3 aliphatic heterocycles. The average molecular weight is 387 g/mol. The summed E-state index contributed by atoms with van der Waals surface area (Å²) in [6.07, 6.45) is 3.46. The molecular weight excluding hydrogens is 358 g/mol. The molecule has 1 spiro atoms. The van der Waals surface area contributed by atoms with Crippen LogP contribution in [-0.4, -0.2) is 74.0 Å². The van der Waals surface area contributed by atoms with E-state index in [1.165, 1.54) is 0 Å². The number of nitrogens with one attached hydrogen (secondary N) is 1. The summed E-state index contributed by atoms with van der Waals surface area (Å²) >= 11 is 0. The van der Waals surface area contributed by atoms with Crippen molar-refractivity contribution in [1.82, 2.24) is 15.1 Å². The Morgan fingerprint density at radius 3 is 2.57 bits per heavy atom. The zero-order valence-electron chi connectivity index (χ0n) is 16.5. The van der Waals surface area contributed by atoms with Gasteiger partial charge in [0.25, 0.3) is 5.91 Å². The predicted octanol–water partition coefficient (Wildman–Crippen LogP) is 2.18. The van der Waals surface area contributed by atoms with Gasteiger partial charge >= 0.3 is 6.03 Å². The summed E-state index contributed by atoms with van der Waals surface area (Å²) in [4.78, 5) is 28.7. The van der Waals surface area contributed by atoms with Crippen LogP contribution in [0.1, 0.15) is 47.5 Å². The van der Waals surface area contributed by atoms with Gasteiger partial charge in [-0.1, -0.05) is 12.1 Å². The highest BCUT2D eigenvalue weighted by atomic mass is 16.7. The van der Waals surface area contributed by atoms with Crippen LogP contribution in [0, 0.1) is 0 Å². The van der Waals surface area contributed by atoms with Gasteiger partial charge in [-0.15, -0.1) is 0 Å². The second-order valence-corrected chi connectivity index (χ2v) is 7.87. The maximum absolute atomic E-state index is 13.0. The first kappa shape index (κ1) is 19.2. The van der Waals surface area contributed by atoms with Crippen LogP contribution in [0.5, 0.6) is 0 Å². The van der Waals surface area contributed by atoms with Crippen LogP contribution >= 0.6 is 0 Å². The molecule has 7 nitrogen and oxygen atoms in total. The van der Waals surface area contributed by atoms with Crippen molar-refractivity contribution in [3.63, 3.8) is 0 Å². The third-order valence-corrected chi connectivity index (χ3v) is 6.15. The number of ether oxygens (including phenoxy) is 2. The zero-order valence-corrected chi connectivity index (χ0v) is 16.5. The molecule has 4 rings (SSSR count). The maximum Gasteiger partial charge on any atom is 0.317 e. The molecule has 3 heterocycles. The molecule has 0 radical (unpaired) electrons. The second-order valence-electron chi connectivity index (χ2n) is 7.87. The molecule has 0 unspecified atom stereocenters. The lowest BCUT2D eigenvalue weighted by atomic mass is 9.89. The van der Waals surface area contributed by atoms with Gasteiger partial charge < -0.3 is 24.6 Å². The molecular formula is C21H29N3O4. The standard InChI is InChI=1S/C21H29N3O4/c1-22-20(26)24-9-3-6-18(15-24)16-4-2-5-17(14-16)19(25)23-10-7-21(8-11-23)27-12-13-28-21/h2,4-5,14,18H,3,6-13,15H2,1H3,(H,22,26)/t18-/m1/s1. The van der Waals surface area contributed by atoms with Crippen molar-refractivity contribution in [2.24, 2.45) is 0 Å². The lowest BCUT2D eigenvalue weighted by Gasteiger charge is -2.37. The molecule has 1 aromatic rings. The van der Waals surface area contributed by atoms with Crippen molar-refractivity contribution < 1.29 is 19.1 Å². The van der Waals surface area contributed by atoms with Gasteiger partial charge in [0.2, 0.25) is 0 Å². The summed E-state index contributed by atoms with van der Waals surface area (Å²) < 4.78 is 11.5. The molecule has 0 bridgehead atoms. The number of carbonyl (C=O) groups is 2. The molecule has 0 aromatic heterocycles. The Hall–Kier alpha value is -2.12. The Bertz CT molecular complexity index is 722. The minimum Gasteiger partial charge on any atom is -0.347 e. The van der Waals surface area contributed by atoms with E-state index in [0.717, 1.165) is 43.4 Å². The lowest BCUT2D eigenvalue weighted by Crippen LogP contribution is -2.47. The Kier molecular flexibility index (Phi) is 5.55. The van der Waals surface area contributed by atoms with E-state index in [9.17, 15) is 9.59 Å². The summed E-state index contributed by atoms with van der Waals surface area (Å²) in [6, 6.07) is 7.89. The molecule has 152 valence electrons. The highest BCUT2D eigenvalue weighted by Gasteiger charge is 2.40. The molecule has 3 aliphatic rings. The highest BCUT2D eigenvalue weighted by molar-refractivity contribution is 5.94. The van der Waals surface area contributed by atoms with E-state index in [2.05, 4.69) is 11.4 Å². The zero-order chi connectivity index (χ0) is 19.6. The number of nitrogens with zero attached hydrogens (tertiary/aromatic N) is 2. The van der Waals surface area contributed by atoms with Gasteiger partial charge in [-0.3, -0.25) is 4.79 Å². The predicted molar refractivity (Wildman–Crippen MR) is 104 cm³/mol. The normalized spacial score (nSPS) is 24.4. The lowest BCUT2D eigenvalue weighted by molar-refractivity contribution is -0.181. The Morgan fingerprint density at radius 2 is 1.86 bits per heavy atom. The fraction of sp³-hybridized carbons (Fsp3) is 0.619. The fourth-order valence-electron chi connectivity index (χ4n) is 4.54. The number of rotatable bonds is 2. The molecule has 3 saturated heterocycles. The van der Waals surface area contributed by atoms with Crippen LogP contribution in [-0.2, 0) is 9.47 Å². The van der Waals surface area contributed by atoms with Gasteiger partial charge in [0.15, 0.2) is 5.79 Å². The van der Waals surface area contributed by atoms with Crippen LogP contribution in [0.15, 0.2) is 24.3 Å². The van der Waals surface area contributed by atoms with Crippen molar-refractivity contribution in [3.8, 4) is 0 Å². The quantitative estimate of drug-likeness (QED) is 0.844. The van der Waals surface area contributed by atoms with Crippen LogP contribution < -0.4 is 5.32 Å².